The Hall–Kier alpha value is -1.41. The minimum atomic E-state index is -5.08. The maximum Gasteiger partial charge on any atom is 0.474 e. The molecule has 1 amide bonds. The molecule has 1 aromatic rings. The van der Waals surface area contributed by atoms with Crippen LogP contribution in [0.4, 0.5) is 13.2 Å². The fourth-order valence-corrected chi connectivity index (χ4v) is 2.66. The lowest BCUT2D eigenvalue weighted by Gasteiger charge is -2.06. The highest BCUT2D eigenvalue weighted by Crippen LogP contribution is 2.17. The molecule has 21 heavy (non-hydrogen) atoms. The molecule has 0 spiro atoms. The maximum absolute atomic E-state index is 12.0. The van der Waals surface area contributed by atoms with Gasteiger partial charge in [0.1, 0.15) is 0 Å². The average Bonchev–Trinajstić information content (AvgIpc) is 2.37. The van der Waals surface area contributed by atoms with Crippen LogP contribution in [0.15, 0.2) is 34.7 Å². The summed E-state index contributed by atoms with van der Waals surface area (Å²) in [5.41, 5.74) is 0.965. The highest BCUT2D eigenvalue weighted by atomic mass is 32.2. The van der Waals surface area contributed by atoms with Crippen LogP contribution in [0.2, 0.25) is 0 Å². The van der Waals surface area contributed by atoms with E-state index in [9.17, 15) is 22.2 Å². The van der Waals surface area contributed by atoms with E-state index in [0.717, 1.165) is 11.8 Å². The summed E-state index contributed by atoms with van der Waals surface area (Å²) >= 11 is 0. The Balaban J connectivity index is 2.36. The molecule has 1 aromatic carbocycles. The van der Waals surface area contributed by atoms with Crippen LogP contribution < -0.4 is 0 Å². The number of ether oxygens (including phenoxy) is 1. The van der Waals surface area contributed by atoms with Crippen LogP contribution in [0.5, 0.6) is 0 Å². The molecule has 1 atom stereocenters. The number of nitrogens with zero attached hydrogens (tertiary/aromatic N) is 1. The van der Waals surface area contributed by atoms with E-state index in [1.54, 1.807) is 0 Å². The van der Waals surface area contributed by atoms with Crippen molar-refractivity contribution < 1.29 is 26.9 Å². The van der Waals surface area contributed by atoms with Gasteiger partial charge in [-0.1, -0.05) is 30.3 Å². The summed E-state index contributed by atoms with van der Waals surface area (Å²) in [5, 5.41) is 0. The summed E-state index contributed by atoms with van der Waals surface area (Å²) in [5.74, 6) is -2.43. The van der Waals surface area contributed by atoms with Crippen LogP contribution in [0.3, 0.4) is 0 Å². The Morgan fingerprint density at radius 3 is 2.48 bits per heavy atom. The number of hydrogen-bond donors (Lipinski definition) is 0. The minimum absolute atomic E-state index is 0.121. The van der Waals surface area contributed by atoms with Crippen molar-refractivity contribution in [1.29, 1.82) is 0 Å². The zero-order chi connectivity index (χ0) is 15.9. The Morgan fingerprint density at radius 2 is 1.90 bits per heavy atom. The molecule has 8 heteroatoms. The molecular weight excluding hydrogens is 307 g/mol. The first-order valence-corrected chi connectivity index (χ1v) is 8.22. The summed E-state index contributed by atoms with van der Waals surface area (Å²) in [4.78, 5) is 10.7. The normalized spacial score (nSPS) is 14.5. The molecule has 0 fully saturated rings. The van der Waals surface area contributed by atoms with Gasteiger partial charge in [0.2, 0.25) is 0 Å². The Labute approximate surface area is 121 Å². The van der Waals surface area contributed by atoms with Crippen LogP contribution in [0, 0.1) is 0 Å². The van der Waals surface area contributed by atoms with Gasteiger partial charge in [-0.2, -0.15) is 17.5 Å². The Morgan fingerprint density at radius 1 is 1.29 bits per heavy atom. The van der Waals surface area contributed by atoms with Crippen molar-refractivity contribution >= 4 is 15.6 Å². The van der Waals surface area contributed by atoms with Gasteiger partial charge in [0.25, 0.3) is 0 Å². The largest absolute Gasteiger partial charge is 0.474 e. The van der Waals surface area contributed by atoms with Gasteiger partial charge in [0, 0.05) is 18.6 Å². The van der Waals surface area contributed by atoms with Gasteiger partial charge in [0.05, 0.1) is 16.3 Å². The second kappa shape index (κ2) is 7.56. The van der Waals surface area contributed by atoms with E-state index in [4.69, 9.17) is 4.74 Å². The first kappa shape index (κ1) is 17.6. The molecule has 0 radical (unpaired) electrons. The van der Waals surface area contributed by atoms with Crippen molar-refractivity contribution in [3.63, 3.8) is 0 Å². The molecule has 0 bridgehead atoms. The zero-order valence-electron chi connectivity index (χ0n) is 11.4. The summed E-state index contributed by atoms with van der Waals surface area (Å²) < 4.78 is 55.8. The number of rotatable bonds is 6. The smallest absolute Gasteiger partial charge is 0.377 e. The minimum Gasteiger partial charge on any atom is -0.377 e. The van der Waals surface area contributed by atoms with E-state index in [0.29, 0.717) is 6.61 Å². The van der Waals surface area contributed by atoms with Gasteiger partial charge in [0.15, 0.2) is 0 Å². The fourth-order valence-electron chi connectivity index (χ4n) is 1.47. The van der Waals surface area contributed by atoms with Gasteiger partial charge in [-0.05, 0) is 12.0 Å². The van der Waals surface area contributed by atoms with Crippen LogP contribution in [0.1, 0.15) is 12.0 Å². The first-order valence-electron chi connectivity index (χ1n) is 6.13. The van der Waals surface area contributed by atoms with Gasteiger partial charge in [-0.3, -0.25) is 4.79 Å². The highest BCUT2D eigenvalue weighted by Gasteiger charge is 2.39. The molecule has 118 valence electrons. The van der Waals surface area contributed by atoms with Crippen molar-refractivity contribution in [3.05, 3.63) is 35.9 Å². The SMILES string of the molecule is CS(=O)(CCCOCc1ccccc1)=NC(=O)C(F)(F)F. The summed E-state index contributed by atoms with van der Waals surface area (Å²) in [6.45, 7) is 0.597. The number of benzene rings is 1. The molecule has 1 unspecified atom stereocenters. The fraction of sp³-hybridized carbons (Fsp3) is 0.462. The quantitative estimate of drug-likeness (QED) is 0.757. The zero-order valence-corrected chi connectivity index (χ0v) is 12.2. The van der Waals surface area contributed by atoms with E-state index in [-0.39, 0.29) is 18.8 Å². The third kappa shape index (κ3) is 7.24. The van der Waals surface area contributed by atoms with Crippen LogP contribution in [0.25, 0.3) is 0 Å². The third-order valence-corrected chi connectivity index (χ3v) is 4.04. The Kier molecular flexibility index (Phi) is 6.35. The molecule has 0 aliphatic rings. The number of alkyl halides is 3. The van der Waals surface area contributed by atoms with Gasteiger partial charge < -0.3 is 4.74 Å². The van der Waals surface area contributed by atoms with Crippen molar-refractivity contribution in [1.82, 2.24) is 0 Å². The van der Waals surface area contributed by atoms with Crippen LogP contribution >= 0.6 is 0 Å². The predicted octanol–water partition coefficient (Wildman–Crippen LogP) is 2.78. The molecule has 0 saturated heterocycles. The van der Waals surface area contributed by atoms with E-state index < -0.39 is 21.8 Å². The van der Waals surface area contributed by atoms with Crippen LogP contribution in [-0.4, -0.2) is 34.9 Å². The van der Waals surface area contributed by atoms with E-state index in [1.165, 1.54) is 0 Å². The lowest BCUT2D eigenvalue weighted by Crippen LogP contribution is -2.22. The number of carbonyl (C=O) groups excluding carboxylic acids is 1. The lowest BCUT2D eigenvalue weighted by atomic mass is 10.2. The average molecular weight is 323 g/mol. The highest BCUT2D eigenvalue weighted by molar-refractivity contribution is 7.93. The van der Waals surface area contributed by atoms with Crippen LogP contribution in [-0.2, 0) is 25.9 Å². The molecule has 1 rings (SSSR count). The van der Waals surface area contributed by atoms with Crippen molar-refractivity contribution in [2.24, 2.45) is 4.36 Å². The van der Waals surface area contributed by atoms with Crippen molar-refractivity contribution in [2.45, 2.75) is 19.2 Å². The molecule has 0 aliphatic heterocycles. The maximum atomic E-state index is 12.0. The number of hydrogen-bond acceptors (Lipinski definition) is 3. The van der Waals surface area contributed by atoms with E-state index in [1.807, 2.05) is 30.3 Å². The number of halogens is 3. The molecule has 0 heterocycles. The third-order valence-electron chi connectivity index (χ3n) is 2.44. The molecule has 0 aliphatic carbocycles. The van der Waals surface area contributed by atoms with E-state index >= 15 is 0 Å². The Bertz CT molecular complexity index is 578. The van der Waals surface area contributed by atoms with E-state index in [2.05, 4.69) is 4.36 Å². The lowest BCUT2D eigenvalue weighted by molar-refractivity contribution is -0.169. The molecule has 0 aromatic heterocycles. The van der Waals surface area contributed by atoms with Gasteiger partial charge in [-0.15, -0.1) is 0 Å². The van der Waals surface area contributed by atoms with Crippen molar-refractivity contribution in [2.75, 3.05) is 18.6 Å². The molecule has 0 N–H and O–H groups in total. The summed E-state index contributed by atoms with van der Waals surface area (Å²) in [6, 6.07) is 9.34. The second-order valence-corrected chi connectivity index (χ2v) is 6.96. The van der Waals surface area contributed by atoms with Gasteiger partial charge in [-0.25, -0.2) is 4.21 Å². The summed E-state index contributed by atoms with van der Waals surface area (Å²) in [7, 11) is -3.18. The van der Waals surface area contributed by atoms with Crippen molar-refractivity contribution in [3.8, 4) is 0 Å². The molecule has 4 nitrogen and oxygen atoms in total. The monoisotopic (exact) mass is 323 g/mol. The second-order valence-electron chi connectivity index (χ2n) is 4.45. The topological polar surface area (TPSA) is 55.7 Å². The first-order chi connectivity index (χ1) is 9.71. The standard InChI is InChI=1S/C13H16F3NO3S/c1-21(19,17-12(18)13(14,15)16)9-5-8-20-10-11-6-3-2-4-7-11/h2-4,6-7H,5,8-10H2,1H3. The number of amides is 1. The predicted molar refractivity (Wildman–Crippen MR) is 73.1 cm³/mol. The summed E-state index contributed by atoms with van der Waals surface area (Å²) in [6.07, 6.45) is -3.78. The number of carbonyl (C=O) groups is 1. The molecular formula is C13H16F3NO3S. The molecule has 0 saturated carbocycles. The van der Waals surface area contributed by atoms with Gasteiger partial charge >= 0.3 is 12.1 Å².